The Morgan fingerprint density at radius 1 is 1.30 bits per heavy atom. The highest BCUT2D eigenvalue weighted by molar-refractivity contribution is 7.90. The molecule has 0 aromatic heterocycles. The van der Waals surface area contributed by atoms with Gasteiger partial charge in [0.15, 0.2) is 0 Å². The number of oxime groups is 1. The monoisotopic (exact) mass is 438 g/mol. The van der Waals surface area contributed by atoms with E-state index in [9.17, 15) is 13.2 Å². The van der Waals surface area contributed by atoms with Crippen molar-refractivity contribution in [3.63, 3.8) is 0 Å². The van der Waals surface area contributed by atoms with Crippen molar-refractivity contribution in [3.8, 4) is 0 Å². The molecule has 0 fully saturated rings. The fourth-order valence-corrected chi connectivity index (χ4v) is 3.43. The Morgan fingerprint density at radius 2 is 2.03 bits per heavy atom. The number of hydrogen-bond donors (Lipinski definition) is 5. The van der Waals surface area contributed by atoms with Crippen molar-refractivity contribution in [3.05, 3.63) is 42.1 Å². The molecule has 0 saturated heterocycles. The highest BCUT2D eigenvalue weighted by Gasteiger charge is 2.20. The molecule has 5 N–H and O–H groups in total. The van der Waals surface area contributed by atoms with E-state index in [-0.39, 0.29) is 29.1 Å². The zero-order valence-corrected chi connectivity index (χ0v) is 18.4. The van der Waals surface area contributed by atoms with E-state index in [2.05, 4.69) is 25.8 Å². The van der Waals surface area contributed by atoms with Gasteiger partial charge in [0.05, 0.1) is 17.2 Å². The number of sulfonamides is 1. The Kier molecular flexibility index (Phi) is 10.4. The van der Waals surface area contributed by atoms with E-state index in [0.717, 1.165) is 0 Å². The van der Waals surface area contributed by atoms with Gasteiger partial charge in [-0.05, 0) is 42.8 Å². The minimum absolute atomic E-state index is 0.118. The Balaban J connectivity index is 2.87. The average Bonchev–Trinajstić information content (AvgIpc) is 2.69. The summed E-state index contributed by atoms with van der Waals surface area (Å²) in [5, 5.41) is 19.3. The smallest absolute Gasteiger partial charge is 0.264 e. The second-order valence-corrected chi connectivity index (χ2v) is 8.44. The van der Waals surface area contributed by atoms with Crippen LogP contribution >= 0.6 is 0 Å². The lowest BCUT2D eigenvalue weighted by atomic mass is 10.0. The van der Waals surface area contributed by atoms with Gasteiger partial charge in [-0.15, -0.1) is 0 Å². The molecule has 1 amide bonds. The first-order valence-corrected chi connectivity index (χ1v) is 10.9. The molecule has 1 atom stereocenters. The summed E-state index contributed by atoms with van der Waals surface area (Å²) in [6.45, 7) is 4.22. The van der Waals surface area contributed by atoms with Crippen molar-refractivity contribution in [2.45, 2.75) is 31.2 Å². The molecule has 0 aliphatic carbocycles. The molecular weight excluding hydrogens is 408 g/mol. The number of rotatable bonds is 11. The summed E-state index contributed by atoms with van der Waals surface area (Å²) in [6.07, 6.45) is 5.50. The molecule has 10 nitrogen and oxygen atoms in total. The van der Waals surface area contributed by atoms with Crippen LogP contribution in [0.25, 0.3) is 0 Å². The third-order valence-corrected chi connectivity index (χ3v) is 5.09. The lowest BCUT2D eigenvalue weighted by Gasteiger charge is -2.19. The maximum atomic E-state index is 12.7. The first kappa shape index (κ1) is 25.0. The Labute approximate surface area is 177 Å². The predicted octanol–water partition coefficient (Wildman–Crippen LogP) is 0.999. The van der Waals surface area contributed by atoms with Crippen LogP contribution in [0.4, 0.5) is 0 Å². The van der Waals surface area contributed by atoms with E-state index in [1.165, 1.54) is 37.5 Å². The predicted molar refractivity (Wildman–Crippen MR) is 117 cm³/mol. The van der Waals surface area contributed by atoms with E-state index in [0.29, 0.717) is 12.3 Å². The summed E-state index contributed by atoms with van der Waals surface area (Å²) in [7, 11) is -0.785. The van der Waals surface area contributed by atoms with Gasteiger partial charge in [0, 0.05) is 19.7 Å². The number of nitrogens with zero attached hydrogens (tertiary/aromatic N) is 1. The highest BCUT2D eigenvalue weighted by atomic mass is 32.2. The van der Waals surface area contributed by atoms with Crippen LogP contribution in [0, 0.1) is 11.3 Å². The van der Waals surface area contributed by atoms with Crippen LogP contribution in [0.15, 0.2) is 46.6 Å². The van der Waals surface area contributed by atoms with E-state index in [4.69, 9.17) is 10.2 Å². The molecule has 0 radical (unpaired) electrons. The zero-order valence-electron chi connectivity index (χ0n) is 17.6. The molecule has 1 aromatic rings. The number of amides is 1. The van der Waals surface area contributed by atoms with Gasteiger partial charge in [0.2, 0.25) is 5.96 Å². The van der Waals surface area contributed by atoms with Crippen LogP contribution in [0.1, 0.15) is 30.6 Å². The van der Waals surface area contributed by atoms with Gasteiger partial charge in [-0.1, -0.05) is 25.1 Å². The van der Waals surface area contributed by atoms with Gasteiger partial charge >= 0.3 is 0 Å². The minimum atomic E-state index is -3.97. The molecule has 30 heavy (non-hydrogen) atoms. The van der Waals surface area contributed by atoms with Gasteiger partial charge in [-0.25, -0.2) is 13.1 Å². The first-order chi connectivity index (χ1) is 14.2. The maximum absolute atomic E-state index is 12.7. The number of guanidine groups is 1. The minimum Gasteiger partial charge on any atom is -0.394 e. The fourth-order valence-electron chi connectivity index (χ4n) is 2.41. The van der Waals surface area contributed by atoms with E-state index in [1.807, 2.05) is 13.8 Å². The van der Waals surface area contributed by atoms with E-state index >= 15 is 0 Å². The molecule has 1 rings (SSSR count). The van der Waals surface area contributed by atoms with Crippen molar-refractivity contribution in [1.29, 1.82) is 5.41 Å². The average molecular weight is 439 g/mol. The molecule has 166 valence electrons. The molecule has 0 spiro atoms. The zero-order chi connectivity index (χ0) is 22.6. The number of nitrogens with one attached hydrogen (secondary N) is 5. The standard InChI is InChI=1S/C19H30N6O4S/c1-14(2)11-16(13-29-23-10-6-9-21-3)24-18(26)15-7-5-8-17(12-15)30(27,28)25-19(20)22-4/h5-10,12,14,16,21H,11,13H2,1-4H3,(H,24,26)(H3,20,22,25)/b9-6-,23-10?/t16-/m1/s1. The normalized spacial score (nSPS) is 12.7. The molecule has 11 heteroatoms. The Bertz CT molecular complexity index is 868. The second kappa shape index (κ2) is 12.5. The van der Waals surface area contributed by atoms with Crippen molar-refractivity contribution in [2.75, 3.05) is 20.7 Å². The molecule has 0 heterocycles. The maximum Gasteiger partial charge on any atom is 0.264 e. The number of carbonyl (C=O) groups excluding carboxylic acids is 1. The Morgan fingerprint density at radius 3 is 2.67 bits per heavy atom. The molecule has 0 aliphatic heterocycles. The topological polar surface area (TPSA) is 145 Å². The summed E-state index contributed by atoms with van der Waals surface area (Å²) >= 11 is 0. The molecule has 1 aromatic carbocycles. The number of allylic oxidation sites excluding steroid dienone is 1. The highest BCUT2D eigenvalue weighted by Crippen LogP contribution is 2.13. The number of benzene rings is 1. The van der Waals surface area contributed by atoms with Gasteiger partial charge in [-0.3, -0.25) is 10.2 Å². The van der Waals surface area contributed by atoms with Crippen molar-refractivity contribution < 1.29 is 18.0 Å². The van der Waals surface area contributed by atoms with Crippen molar-refractivity contribution >= 4 is 28.1 Å². The van der Waals surface area contributed by atoms with Crippen LogP contribution in [0.5, 0.6) is 0 Å². The summed E-state index contributed by atoms with van der Waals surface area (Å²) < 4.78 is 26.7. The summed E-state index contributed by atoms with van der Waals surface area (Å²) in [6, 6.07) is 5.29. The first-order valence-electron chi connectivity index (χ1n) is 9.37. The molecule has 0 unspecified atom stereocenters. The molecule has 0 bridgehead atoms. The van der Waals surface area contributed by atoms with Crippen LogP contribution in [-0.2, 0) is 14.9 Å². The van der Waals surface area contributed by atoms with Crippen molar-refractivity contribution in [1.82, 2.24) is 20.7 Å². The summed E-state index contributed by atoms with van der Waals surface area (Å²) in [4.78, 5) is 17.8. The van der Waals surface area contributed by atoms with Gasteiger partial charge < -0.3 is 20.8 Å². The van der Waals surface area contributed by atoms with Crippen LogP contribution in [-0.4, -0.2) is 53.2 Å². The third kappa shape index (κ3) is 8.95. The van der Waals surface area contributed by atoms with Crippen LogP contribution < -0.4 is 20.7 Å². The van der Waals surface area contributed by atoms with Gasteiger partial charge in [0.1, 0.15) is 6.61 Å². The molecule has 0 aliphatic rings. The summed E-state index contributed by atoms with van der Waals surface area (Å²) in [5.74, 6) is -0.497. The van der Waals surface area contributed by atoms with E-state index < -0.39 is 15.9 Å². The molecular formula is C19H30N6O4S. The quantitative estimate of drug-likeness (QED) is 0.198. The largest absolute Gasteiger partial charge is 0.394 e. The lowest BCUT2D eigenvalue weighted by Crippen LogP contribution is -2.39. The fraction of sp³-hybridized carbons (Fsp3) is 0.421. The number of hydrogen-bond acceptors (Lipinski definition) is 7. The summed E-state index contributed by atoms with van der Waals surface area (Å²) in [5.41, 5.74) is 0.183. The van der Waals surface area contributed by atoms with Crippen LogP contribution in [0.2, 0.25) is 0 Å². The number of carbonyl (C=O) groups is 1. The molecule has 0 saturated carbocycles. The van der Waals surface area contributed by atoms with E-state index in [1.54, 1.807) is 19.3 Å². The van der Waals surface area contributed by atoms with Crippen molar-refractivity contribution in [2.24, 2.45) is 11.1 Å². The van der Waals surface area contributed by atoms with Gasteiger partial charge in [-0.2, -0.15) is 0 Å². The SMILES string of the molecule is CN/C=C\C=NOC[C@@H](CC(C)C)NC(=O)c1cccc(S(=O)(=O)NC(=N)NC)c1. The Hall–Kier alpha value is -3.08. The van der Waals surface area contributed by atoms with Crippen LogP contribution in [0.3, 0.4) is 0 Å². The van der Waals surface area contributed by atoms with Gasteiger partial charge in [0.25, 0.3) is 15.9 Å². The lowest BCUT2D eigenvalue weighted by molar-refractivity contribution is 0.0831. The third-order valence-electron chi connectivity index (χ3n) is 3.74. The second-order valence-electron chi connectivity index (χ2n) is 6.76.